The number of ether oxygens (including phenoxy) is 2. The topological polar surface area (TPSA) is 110 Å². The molecule has 2 aromatic carbocycles. The molecule has 1 amide bonds. The lowest BCUT2D eigenvalue weighted by atomic mass is 10.1. The number of methoxy groups -OCH3 is 2. The van der Waals surface area contributed by atoms with Crippen LogP contribution in [0.4, 0.5) is 5.69 Å². The van der Waals surface area contributed by atoms with E-state index in [1.807, 2.05) is 0 Å². The number of hydrogen-bond donors (Lipinski definition) is 2. The predicted octanol–water partition coefficient (Wildman–Crippen LogP) is 2.96. The Bertz CT molecular complexity index is 1110. The molecule has 0 bridgehead atoms. The van der Waals surface area contributed by atoms with E-state index >= 15 is 0 Å². The summed E-state index contributed by atoms with van der Waals surface area (Å²) < 4.78 is 9.85. The monoisotopic (exact) mass is 425 g/mol. The lowest BCUT2D eigenvalue weighted by Gasteiger charge is -2.09. The quantitative estimate of drug-likeness (QED) is 0.340. The van der Waals surface area contributed by atoms with E-state index in [9.17, 15) is 14.4 Å². The summed E-state index contributed by atoms with van der Waals surface area (Å²) in [6.07, 6.45) is 0. The zero-order chi connectivity index (χ0) is 21.5. The Labute approximate surface area is 176 Å². The van der Waals surface area contributed by atoms with Crippen LogP contribution in [-0.4, -0.2) is 41.8 Å². The average Bonchev–Trinajstić information content (AvgIpc) is 2.77. The molecule has 0 aliphatic carbocycles. The number of hydrogen-bond acceptors (Lipinski definition) is 7. The van der Waals surface area contributed by atoms with Crippen molar-refractivity contribution in [2.75, 3.05) is 25.3 Å². The first-order valence-corrected chi connectivity index (χ1v) is 9.84. The zero-order valence-electron chi connectivity index (χ0n) is 16.3. The summed E-state index contributed by atoms with van der Waals surface area (Å²) in [6, 6.07) is 15.1. The summed E-state index contributed by atoms with van der Waals surface area (Å²) in [5.41, 5.74) is 1.52. The van der Waals surface area contributed by atoms with Gasteiger partial charge in [0.1, 0.15) is 5.75 Å². The Morgan fingerprint density at radius 2 is 1.83 bits per heavy atom. The third-order valence-electron chi connectivity index (χ3n) is 4.05. The van der Waals surface area contributed by atoms with Crippen molar-refractivity contribution in [2.24, 2.45) is 0 Å². The van der Waals surface area contributed by atoms with E-state index in [1.165, 1.54) is 13.2 Å². The fraction of sp³-hybridized carbons (Fsp3) is 0.143. The molecule has 0 atom stereocenters. The van der Waals surface area contributed by atoms with Gasteiger partial charge in [0.25, 0.3) is 5.56 Å². The molecule has 0 fully saturated rings. The minimum atomic E-state index is -0.545. The van der Waals surface area contributed by atoms with Gasteiger partial charge in [-0.1, -0.05) is 23.9 Å². The maximum atomic E-state index is 12.3. The van der Waals surface area contributed by atoms with Crippen molar-refractivity contribution >= 4 is 29.3 Å². The third-order valence-corrected chi connectivity index (χ3v) is 4.93. The number of carbonyl (C=O) groups excluding carboxylic acids is 2. The van der Waals surface area contributed by atoms with Gasteiger partial charge in [-0.3, -0.25) is 9.59 Å². The van der Waals surface area contributed by atoms with Gasteiger partial charge in [0, 0.05) is 11.6 Å². The first-order chi connectivity index (χ1) is 14.5. The fourth-order valence-corrected chi connectivity index (χ4v) is 3.29. The van der Waals surface area contributed by atoms with Gasteiger partial charge in [-0.15, -0.1) is 0 Å². The highest BCUT2D eigenvalue weighted by atomic mass is 32.2. The molecular formula is C21H19N3O5S. The number of carbonyl (C=O) groups is 2. The van der Waals surface area contributed by atoms with Crippen molar-refractivity contribution in [3.8, 4) is 17.0 Å². The van der Waals surface area contributed by atoms with E-state index in [2.05, 4.69) is 15.3 Å². The van der Waals surface area contributed by atoms with Crippen LogP contribution in [0.5, 0.6) is 5.75 Å². The minimum Gasteiger partial charge on any atom is -0.497 e. The molecule has 3 rings (SSSR count). The van der Waals surface area contributed by atoms with Gasteiger partial charge >= 0.3 is 5.97 Å². The van der Waals surface area contributed by atoms with Gasteiger partial charge in [0.15, 0.2) is 5.16 Å². The first-order valence-electron chi connectivity index (χ1n) is 8.86. The molecule has 0 spiro atoms. The molecule has 1 aromatic heterocycles. The number of aromatic nitrogens is 2. The van der Waals surface area contributed by atoms with Crippen LogP contribution in [0.1, 0.15) is 10.4 Å². The average molecular weight is 425 g/mol. The van der Waals surface area contributed by atoms with Crippen molar-refractivity contribution in [1.29, 1.82) is 0 Å². The van der Waals surface area contributed by atoms with Gasteiger partial charge in [-0.25, -0.2) is 9.78 Å². The van der Waals surface area contributed by atoms with Crippen LogP contribution in [0.3, 0.4) is 0 Å². The predicted molar refractivity (Wildman–Crippen MR) is 114 cm³/mol. The number of thioether (sulfide) groups is 1. The number of anilines is 1. The normalized spacial score (nSPS) is 10.3. The summed E-state index contributed by atoms with van der Waals surface area (Å²) in [7, 11) is 2.85. The molecule has 154 valence electrons. The molecule has 3 aromatic rings. The molecule has 9 heteroatoms. The Hall–Kier alpha value is -3.59. The highest BCUT2D eigenvalue weighted by Crippen LogP contribution is 2.22. The number of amides is 1. The minimum absolute atomic E-state index is 0.00941. The molecule has 0 radical (unpaired) electrons. The van der Waals surface area contributed by atoms with E-state index in [0.717, 1.165) is 17.3 Å². The molecule has 0 aliphatic heterocycles. The van der Waals surface area contributed by atoms with Crippen LogP contribution in [0.25, 0.3) is 11.3 Å². The molecule has 0 aliphatic rings. The van der Waals surface area contributed by atoms with Crippen LogP contribution in [0.15, 0.2) is 64.5 Å². The number of H-pyrrole nitrogens is 1. The van der Waals surface area contributed by atoms with Crippen LogP contribution in [0.2, 0.25) is 0 Å². The first kappa shape index (κ1) is 21.1. The van der Waals surface area contributed by atoms with Crippen molar-refractivity contribution in [3.63, 3.8) is 0 Å². The van der Waals surface area contributed by atoms with Crippen molar-refractivity contribution in [1.82, 2.24) is 9.97 Å². The smallest absolute Gasteiger partial charge is 0.339 e. The second kappa shape index (κ2) is 9.75. The molecule has 30 heavy (non-hydrogen) atoms. The fourth-order valence-electron chi connectivity index (χ4n) is 2.61. The number of esters is 1. The summed E-state index contributed by atoms with van der Waals surface area (Å²) in [5.74, 6) is -0.211. The van der Waals surface area contributed by atoms with Gasteiger partial charge in [0.2, 0.25) is 5.91 Å². The van der Waals surface area contributed by atoms with Crippen molar-refractivity contribution in [3.05, 3.63) is 70.5 Å². The molecule has 0 saturated carbocycles. The maximum Gasteiger partial charge on any atom is 0.339 e. The molecule has 2 N–H and O–H groups in total. The SMILES string of the molecule is COC(=O)c1ccccc1NC(=O)CSc1nc(-c2ccc(OC)cc2)cc(=O)[nH]1. The summed E-state index contributed by atoms with van der Waals surface area (Å²) in [6.45, 7) is 0. The molecular weight excluding hydrogens is 406 g/mol. The molecule has 8 nitrogen and oxygen atoms in total. The third kappa shape index (κ3) is 5.26. The highest BCUT2D eigenvalue weighted by Gasteiger charge is 2.14. The summed E-state index contributed by atoms with van der Waals surface area (Å²) >= 11 is 1.08. The second-order valence-electron chi connectivity index (χ2n) is 6.04. The Kier molecular flexibility index (Phi) is 6.87. The van der Waals surface area contributed by atoms with E-state index in [1.54, 1.807) is 55.6 Å². The summed E-state index contributed by atoms with van der Waals surface area (Å²) in [5, 5.41) is 2.99. The number of aromatic amines is 1. The summed E-state index contributed by atoms with van der Waals surface area (Å²) in [4.78, 5) is 43.2. The van der Waals surface area contributed by atoms with Gasteiger partial charge in [0.05, 0.1) is 36.9 Å². The van der Waals surface area contributed by atoms with Crippen LogP contribution >= 0.6 is 11.8 Å². The van der Waals surface area contributed by atoms with E-state index < -0.39 is 5.97 Å². The van der Waals surface area contributed by atoms with Gasteiger partial charge in [-0.2, -0.15) is 0 Å². The van der Waals surface area contributed by atoms with E-state index in [0.29, 0.717) is 22.3 Å². The number of rotatable bonds is 7. The Balaban J connectivity index is 1.70. The Morgan fingerprint density at radius 3 is 2.53 bits per heavy atom. The zero-order valence-corrected chi connectivity index (χ0v) is 17.1. The number of benzene rings is 2. The molecule has 1 heterocycles. The van der Waals surface area contributed by atoms with Gasteiger partial charge < -0.3 is 19.8 Å². The lowest BCUT2D eigenvalue weighted by molar-refractivity contribution is -0.113. The van der Waals surface area contributed by atoms with E-state index in [-0.39, 0.29) is 22.8 Å². The highest BCUT2D eigenvalue weighted by molar-refractivity contribution is 7.99. The molecule has 0 saturated heterocycles. The van der Waals surface area contributed by atoms with Crippen LogP contribution in [0, 0.1) is 0 Å². The number of para-hydroxylation sites is 1. The number of nitrogens with one attached hydrogen (secondary N) is 2. The number of nitrogens with zero attached hydrogens (tertiary/aromatic N) is 1. The Morgan fingerprint density at radius 1 is 1.10 bits per heavy atom. The van der Waals surface area contributed by atoms with Crippen LogP contribution < -0.4 is 15.6 Å². The van der Waals surface area contributed by atoms with E-state index in [4.69, 9.17) is 9.47 Å². The second-order valence-corrected chi connectivity index (χ2v) is 7.00. The molecule has 0 unspecified atom stereocenters. The van der Waals surface area contributed by atoms with Crippen LogP contribution in [-0.2, 0) is 9.53 Å². The standard InChI is InChI=1S/C21H19N3O5S/c1-28-14-9-7-13(8-10-14)17-11-18(25)24-21(23-17)30-12-19(26)22-16-6-4-3-5-15(16)20(27)29-2/h3-11H,12H2,1-2H3,(H,22,26)(H,23,24,25). The maximum absolute atomic E-state index is 12.3. The largest absolute Gasteiger partial charge is 0.497 e. The van der Waals surface area contributed by atoms with Crippen molar-refractivity contribution < 1.29 is 19.1 Å². The lowest BCUT2D eigenvalue weighted by Crippen LogP contribution is -2.17. The van der Waals surface area contributed by atoms with Crippen molar-refractivity contribution in [2.45, 2.75) is 5.16 Å². The van der Waals surface area contributed by atoms with Gasteiger partial charge in [-0.05, 0) is 36.4 Å².